The lowest BCUT2D eigenvalue weighted by molar-refractivity contribution is -0.160. The van der Waals surface area contributed by atoms with Crippen LogP contribution in [0.5, 0.6) is 11.8 Å². The largest absolute Gasteiger partial charge is 0.480 e. The number of esters is 2. The number of carboxylic acid groups (broad SMARTS) is 1. The van der Waals surface area contributed by atoms with E-state index in [1.807, 2.05) is 51.0 Å². The van der Waals surface area contributed by atoms with Crippen LogP contribution < -0.4 is 24.7 Å². The minimum Gasteiger partial charge on any atom is -0.480 e. The van der Waals surface area contributed by atoms with Crippen molar-refractivity contribution in [3.63, 3.8) is 0 Å². The number of aromatic nitrogens is 4. The number of amides is 4. The van der Waals surface area contributed by atoms with Crippen LogP contribution in [-0.4, -0.2) is 176 Å². The number of ether oxygens (including phenoxy) is 4. The molecule has 0 spiro atoms. The molecule has 676 valence electrons. The van der Waals surface area contributed by atoms with Gasteiger partial charge in [-0.25, -0.2) is 67.9 Å². The summed E-state index contributed by atoms with van der Waals surface area (Å²) in [4.78, 5) is 130. The van der Waals surface area contributed by atoms with Crippen LogP contribution in [0.4, 0.5) is 26.3 Å². The molecule has 12 aliphatic rings. The molecule has 8 aliphatic carbocycles. The highest BCUT2D eigenvalue weighted by molar-refractivity contribution is 7.92. The zero-order chi connectivity index (χ0) is 86.1. The van der Waals surface area contributed by atoms with Crippen LogP contribution in [-0.2, 0) is 80.7 Å². The van der Waals surface area contributed by atoms with Crippen molar-refractivity contribution >= 4 is 89.4 Å². The molecule has 20 atom stereocenters. The number of carbonyl (C=O) groups is 8. The predicted molar refractivity (Wildman–Crippen MR) is 440 cm³/mol. The van der Waals surface area contributed by atoms with E-state index in [1.54, 1.807) is 26.0 Å². The molecule has 8 saturated carbocycles. The van der Waals surface area contributed by atoms with E-state index in [2.05, 4.69) is 9.97 Å². The fourth-order valence-corrected chi connectivity index (χ4v) is 22.2. The minimum atomic E-state index is -4.21. The second-order valence-electron chi connectivity index (χ2n) is 39.0. The molecule has 10 fully saturated rings. The number of benzene rings is 2. The number of alkyl halides is 4. The van der Waals surface area contributed by atoms with Crippen molar-refractivity contribution in [3.8, 4) is 11.8 Å². The summed E-state index contributed by atoms with van der Waals surface area (Å²) in [5.41, 5.74) is 3.14. The molecule has 26 nitrogen and oxygen atoms in total. The molecular formula is C88H123F6N9O17S2. The van der Waals surface area contributed by atoms with E-state index in [9.17, 15) is 86.6 Å². The molecule has 4 aromatic rings. The maximum absolute atomic E-state index is 14.9. The lowest BCUT2D eigenvalue weighted by Crippen LogP contribution is -2.50. The summed E-state index contributed by atoms with van der Waals surface area (Å²) in [6, 6.07) is 5.93. The number of hydrogen-bond acceptors (Lipinski definition) is 21. The quantitative estimate of drug-likeness (QED) is 0.0756. The van der Waals surface area contributed by atoms with Crippen molar-refractivity contribution in [2.45, 2.75) is 304 Å². The molecular weight excluding hydrogens is 1630 g/mol. The number of ketones is 1. The number of Topliss-reactive ketones (excluding diaryl/α,β-unsaturated/α-hetero) is 1. The number of nitrogens with two attached hydrogens (primary N) is 1. The van der Waals surface area contributed by atoms with Gasteiger partial charge in [-0.15, -0.1) is 0 Å². The van der Waals surface area contributed by atoms with Crippen molar-refractivity contribution in [1.82, 2.24) is 39.2 Å². The average Bonchev–Trinajstić information content (AvgIpc) is 1.55. The third kappa shape index (κ3) is 19.4. The Labute approximate surface area is 711 Å². The van der Waals surface area contributed by atoms with Crippen molar-refractivity contribution in [1.29, 1.82) is 0 Å². The SMILES string of the molecule is C.C.C.CC1(S(=O)(=O)NC(=O)[C@@]2(N)C[C@H]2C(F)F)CC1.C[C@@H]1[C@@H]2CN(C(=O)[C@H](C(C)(C)C)CC(=O)O[C@@H]3C[C@@H]4C[C@@H]4[C@H]3CCCCCc3nc4ccc(F)cc4nc3O2)[C@@H]1C(=O)C[C@]1(C(=O)NS(=O)(=O)C2(C)CC2)C[C@H]1C(F)F.C[C@@H]1[C@@H]2CN(C(=O)[C@H](C(C)(C)C)CC(=O)O[C@@H]3C[C@@H]4C[C@@H]4[C@H]3CCCCCc3nc4ccc(F)cc4nc3O2)[C@@H]1C(=O)O. The van der Waals surface area contributed by atoms with Crippen LogP contribution in [0.25, 0.3) is 22.1 Å². The molecule has 2 aromatic heterocycles. The summed E-state index contributed by atoms with van der Waals surface area (Å²) in [5.74, 6) is -9.46. The van der Waals surface area contributed by atoms with E-state index in [0.29, 0.717) is 96.1 Å². The van der Waals surface area contributed by atoms with Gasteiger partial charge in [0.15, 0.2) is 5.78 Å². The van der Waals surface area contributed by atoms with Crippen molar-refractivity contribution in [2.75, 3.05) is 13.1 Å². The van der Waals surface area contributed by atoms with Crippen LogP contribution in [0.2, 0.25) is 0 Å². The standard InChI is InChI=1S/C43H55F3N4O8S.C33H42FN3O6.C9H14F2N2O3S.3CH4/c1-22-34-21-50(36(22)32(51)20-43(19-28(43)37(45)46)40(54)49-59(55,56)42(5)13-14-42)39(53)27(41(2,3)4)18-35(52)57-33-16-23-15-26(23)25(33)9-7-6-8-10-30-38(58-34)48-31-17-24(44)11-12-29(31)47-30;1-17-27-16-37(29(17)32(40)41)31(39)22(33(2,3)4)15-28(38)42-26-13-18-12-21(18)20(26)8-6-5-7-9-24-30(43-27)36-25-14-19(34)10-11-23(25)35-24;1-8(2-3-8)17(15,16)13-7(14)9(12)4-5(9)6(10)11;;;/h11-12,17,22-23,25-28,33-34,36-37H,6-10,13-16,18-21H2,1-5H3,(H,49,54);10-11,14,17-18,20-22,26-27,29H,5-9,12-13,15-16H2,1-4H3,(H,40,41);5-6H,2-4,12H2,1H3,(H,13,14);3*1H4/t22-,23+,25-,26+,27-,28+,33-,34+,36+,43-;17-,18+,20-,21+,22-,26-,27+,29+;5-,9+;;;/m110.../s1. The van der Waals surface area contributed by atoms with E-state index >= 15 is 0 Å². The molecule has 16 rings (SSSR count). The first-order chi connectivity index (χ1) is 55.7. The van der Waals surface area contributed by atoms with E-state index in [1.165, 1.54) is 54.3 Å². The Kier molecular flexibility index (Phi) is 27.3. The average molecular weight is 1760 g/mol. The van der Waals surface area contributed by atoms with E-state index in [-0.39, 0.29) is 96.0 Å². The second kappa shape index (κ2) is 35.2. The highest BCUT2D eigenvalue weighted by Crippen LogP contribution is 2.62. The van der Waals surface area contributed by atoms with Crippen LogP contribution in [0, 0.1) is 98.9 Å². The molecule has 4 amide bonds. The van der Waals surface area contributed by atoms with Gasteiger partial charge in [0.25, 0.3) is 5.91 Å². The summed E-state index contributed by atoms with van der Waals surface area (Å²) >= 11 is 0. The molecule has 34 heteroatoms. The Balaban J connectivity index is 0.000000201. The van der Waals surface area contributed by atoms with Gasteiger partial charge in [-0.05, 0) is 187 Å². The predicted octanol–water partition coefficient (Wildman–Crippen LogP) is 13.4. The summed E-state index contributed by atoms with van der Waals surface area (Å²) in [5, 5.41) is 10.2. The van der Waals surface area contributed by atoms with Gasteiger partial charge in [0, 0.05) is 42.2 Å². The van der Waals surface area contributed by atoms with Crippen LogP contribution in [0.3, 0.4) is 0 Å². The number of sulfonamides is 2. The maximum Gasteiger partial charge on any atom is 0.326 e. The summed E-state index contributed by atoms with van der Waals surface area (Å²) < 4.78 is 158. The number of nitrogens with zero attached hydrogens (tertiary/aromatic N) is 6. The highest BCUT2D eigenvalue weighted by Gasteiger charge is 2.68. The van der Waals surface area contributed by atoms with Gasteiger partial charge in [-0.2, -0.15) is 0 Å². The van der Waals surface area contributed by atoms with Gasteiger partial charge in [-0.3, -0.25) is 43.0 Å². The number of aliphatic carboxylic acids is 1. The fourth-order valence-electron chi connectivity index (χ4n) is 19.6. The zero-order valence-corrected chi connectivity index (χ0v) is 70.6. The molecule has 4 bridgehead atoms. The smallest absolute Gasteiger partial charge is 0.326 e. The number of hydrogen-bond donors (Lipinski definition) is 4. The van der Waals surface area contributed by atoms with Gasteiger partial charge in [0.1, 0.15) is 59.0 Å². The number of nitrogens with one attached hydrogen (secondary N) is 2. The molecule has 4 aliphatic heterocycles. The first-order valence-corrected chi connectivity index (χ1v) is 45.2. The second-order valence-corrected chi connectivity index (χ2v) is 43.4. The number of aryl methyl sites for hydroxylation is 2. The van der Waals surface area contributed by atoms with Crippen molar-refractivity contribution in [2.24, 2.45) is 93.0 Å². The highest BCUT2D eigenvalue weighted by atomic mass is 32.2. The number of carboxylic acids is 1. The Hall–Kier alpha value is -7.88. The number of halogens is 6. The summed E-state index contributed by atoms with van der Waals surface area (Å²) in [6.45, 7) is 17.4. The zero-order valence-electron chi connectivity index (χ0n) is 69.0. The summed E-state index contributed by atoms with van der Waals surface area (Å²) in [7, 11) is -8.01. The maximum atomic E-state index is 14.9. The normalized spacial score (nSPS) is 33.3. The molecule has 122 heavy (non-hydrogen) atoms. The molecule has 0 unspecified atom stereocenters. The topological polar surface area (TPSA) is 370 Å². The number of rotatable bonds is 12. The third-order valence-corrected chi connectivity index (χ3v) is 32.7. The van der Waals surface area contributed by atoms with Crippen molar-refractivity contribution in [3.05, 3.63) is 59.4 Å². The van der Waals surface area contributed by atoms with Gasteiger partial charge in [0.05, 0.1) is 80.8 Å². The van der Waals surface area contributed by atoms with E-state index < -0.39 is 190 Å². The Morgan fingerprint density at radius 3 is 1.34 bits per heavy atom. The van der Waals surface area contributed by atoms with Gasteiger partial charge in [0.2, 0.25) is 62.4 Å². The molecule has 0 radical (unpaired) electrons. The Morgan fingerprint density at radius 2 is 0.959 bits per heavy atom. The lowest BCUT2D eigenvalue weighted by Gasteiger charge is -2.35. The van der Waals surface area contributed by atoms with E-state index in [4.69, 9.17) is 34.6 Å². The van der Waals surface area contributed by atoms with Crippen LogP contribution in [0.1, 0.15) is 238 Å². The molecule has 2 aromatic carbocycles. The Morgan fingerprint density at radius 1 is 0.549 bits per heavy atom. The molecule has 5 N–H and O–H groups in total. The van der Waals surface area contributed by atoms with Crippen LogP contribution in [0.15, 0.2) is 36.4 Å². The number of carbonyl (C=O) groups excluding carboxylic acids is 7. The first-order valence-electron chi connectivity index (χ1n) is 42.2. The lowest BCUT2D eigenvalue weighted by atomic mass is 9.77. The summed E-state index contributed by atoms with van der Waals surface area (Å²) in [6.07, 6.45) is 4.53. The van der Waals surface area contributed by atoms with Gasteiger partial charge in [-0.1, -0.05) is 103 Å². The fraction of sp³-hybridized carbons (Fsp3) is 0.727. The third-order valence-electron chi connectivity index (χ3n) is 28.4. The number of fused-ring (bicyclic) bond motifs is 14. The van der Waals surface area contributed by atoms with Gasteiger partial charge >= 0.3 is 17.9 Å². The van der Waals surface area contributed by atoms with Crippen LogP contribution >= 0.6 is 0 Å². The molecule has 2 saturated heterocycles. The Bertz CT molecular complexity index is 4910. The van der Waals surface area contributed by atoms with Crippen molar-refractivity contribution < 1.29 is 106 Å². The van der Waals surface area contributed by atoms with E-state index in [0.717, 1.165) is 70.6 Å². The first kappa shape index (κ1) is 94.8. The molecule has 6 heterocycles. The minimum absolute atomic E-state index is 0. The monoisotopic (exact) mass is 1760 g/mol. The van der Waals surface area contributed by atoms with Gasteiger partial charge < -0.3 is 39.6 Å².